The molecular weight excluding hydrogens is 448 g/mol. The first-order valence-corrected chi connectivity index (χ1v) is 7.06. The summed E-state index contributed by atoms with van der Waals surface area (Å²) in [7, 11) is 0. The Morgan fingerprint density at radius 1 is 0.647 bits per heavy atom. The van der Waals surface area contributed by atoms with Gasteiger partial charge in [-0.3, -0.25) is 0 Å². The summed E-state index contributed by atoms with van der Waals surface area (Å²) < 4.78 is 30.2. The minimum atomic E-state index is -2.94. The van der Waals surface area contributed by atoms with Crippen LogP contribution in [0.5, 0.6) is 0 Å². The Labute approximate surface area is 126 Å². The molecule has 0 radical (unpaired) electrons. The molecule has 88 valence electrons. The highest BCUT2D eigenvalue weighted by atomic mass is 127. The van der Waals surface area contributed by atoms with Gasteiger partial charge in [-0.15, -0.1) is 0 Å². The summed E-state index contributed by atoms with van der Waals surface area (Å²) in [4.78, 5) is 0. The fraction of sp³-hybridized carbons (Fsp3) is 0.0769. The van der Waals surface area contributed by atoms with E-state index in [4.69, 9.17) is 0 Å². The summed E-state index contributed by atoms with van der Waals surface area (Å²) in [6, 6.07) is 12.7. The van der Waals surface area contributed by atoms with Crippen molar-refractivity contribution >= 4 is 45.2 Å². The molecule has 0 saturated carbocycles. The Morgan fingerprint density at radius 3 is 1.24 bits per heavy atom. The van der Waals surface area contributed by atoms with Crippen LogP contribution in [0.3, 0.4) is 0 Å². The molecule has 17 heavy (non-hydrogen) atoms. The first-order valence-electron chi connectivity index (χ1n) is 4.90. The summed E-state index contributed by atoms with van der Waals surface area (Å²) in [5.74, 6) is -2.94. The average molecular weight is 456 g/mol. The molecule has 0 N–H and O–H groups in total. The van der Waals surface area contributed by atoms with Gasteiger partial charge >= 0.3 is 0 Å². The molecule has 0 aliphatic carbocycles. The SMILES string of the molecule is FC(F)(c1ccc(I)cc1)c1ccc(I)cc1. The maximum atomic E-state index is 14.1. The lowest BCUT2D eigenvalue weighted by Gasteiger charge is -2.17. The highest BCUT2D eigenvalue weighted by Crippen LogP contribution is 2.35. The number of halogens is 4. The van der Waals surface area contributed by atoms with E-state index >= 15 is 0 Å². The van der Waals surface area contributed by atoms with Gasteiger partial charge in [0.1, 0.15) is 0 Å². The summed E-state index contributed by atoms with van der Waals surface area (Å²) in [6.07, 6.45) is 0. The zero-order valence-corrected chi connectivity index (χ0v) is 12.9. The summed E-state index contributed by atoms with van der Waals surface area (Å²) in [5, 5.41) is 0. The van der Waals surface area contributed by atoms with Crippen LogP contribution in [0.15, 0.2) is 48.5 Å². The van der Waals surface area contributed by atoms with Crippen molar-refractivity contribution in [1.29, 1.82) is 0 Å². The number of alkyl halides is 2. The monoisotopic (exact) mass is 456 g/mol. The molecule has 0 aliphatic heterocycles. The second-order valence-electron chi connectivity index (χ2n) is 3.59. The summed E-state index contributed by atoms with van der Waals surface area (Å²) in [6.45, 7) is 0. The van der Waals surface area contributed by atoms with Crippen molar-refractivity contribution in [3.8, 4) is 0 Å². The zero-order chi connectivity index (χ0) is 12.5. The van der Waals surface area contributed by atoms with Crippen LogP contribution < -0.4 is 0 Å². The summed E-state index contributed by atoms with van der Waals surface area (Å²) >= 11 is 4.20. The largest absolute Gasteiger partial charge is 0.298 e. The quantitative estimate of drug-likeness (QED) is 0.557. The van der Waals surface area contributed by atoms with E-state index in [2.05, 4.69) is 45.2 Å². The first kappa shape index (κ1) is 13.2. The molecule has 0 heterocycles. The maximum Gasteiger partial charge on any atom is 0.298 e. The standard InChI is InChI=1S/C13H8F2I2/c14-13(15,9-1-5-11(16)6-2-9)10-3-7-12(17)8-4-10/h1-8H. The van der Waals surface area contributed by atoms with Crippen molar-refractivity contribution in [1.82, 2.24) is 0 Å². The van der Waals surface area contributed by atoms with Crippen LogP contribution in [0.25, 0.3) is 0 Å². The Kier molecular flexibility index (Phi) is 4.02. The molecule has 0 atom stereocenters. The molecule has 0 spiro atoms. The third-order valence-electron chi connectivity index (χ3n) is 2.41. The average Bonchev–Trinajstić information content (AvgIpc) is 2.30. The van der Waals surface area contributed by atoms with E-state index in [0.29, 0.717) is 0 Å². The fourth-order valence-corrected chi connectivity index (χ4v) is 2.20. The van der Waals surface area contributed by atoms with Crippen molar-refractivity contribution in [2.24, 2.45) is 0 Å². The maximum absolute atomic E-state index is 14.1. The molecule has 4 heteroatoms. The number of hydrogen-bond acceptors (Lipinski definition) is 0. The van der Waals surface area contributed by atoms with Crippen LogP contribution in [0.4, 0.5) is 8.78 Å². The van der Waals surface area contributed by atoms with Crippen LogP contribution in [0.1, 0.15) is 11.1 Å². The highest BCUT2D eigenvalue weighted by molar-refractivity contribution is 14.1. The third kappa shape index (κ3) is 2.96. The van der Waals surface area contributed by atoms with Gasteiger partial charge in [0.15, 0.2) is 0 Å². The molecule has 0 fully saturated rings. The minimum absolute atomic E-state index is 0.0270. The van der Waals surface area contributed by atoms with Crippen molar-refractivity contribution in [2.45, 2.75) is 5.92 Å². The zero-order valence-electron chi connectivity index (χ0n) is 8.63. The van der Waals surface area contributed by atoms with Gasteiger partial charge in [-0.1, -0.05) is 24.3 Å². The molecule has 2 aromatic carbocycles. The molecule has 0 aliphatic rings. The van der Waals surface area contributed by atoms with E-state index in [1.165, 1.54) is 24.3 Å². The Balaban J connectivity index is 2.41. The lowest BCUT2D eigenvalue weighted by atomic mass is 10.0. The van der Waals surface area contributed by atoms with Gasteiger partial charge in [0.05, 0.1) is 0 Å². The Morgan fingerprint density at radius 2 is 0.941 bits per heavy atom. The van der Waals surface area contributed by atoms with Crippen molar-refractivity contribution in [3.63, 3.8) is 0 Å². The van der Waals surface area contributed by atoms with Crippen molar-refractivity contribution < 1.29 is 8.78 Å². The smallest absolute Gasteiger partial charge is 0.196 e. The third-order valence-corrected chi connectivity index (χ3v) is 3.85. The van der Waals surface area contributed by atoms with Crippen molar-refractivity contribution in [3.05, 3.63) is 66.8 Å². The van der Waals surface area contributed by atoms with E-state index in [-0.39, 0.29) is 11.1 Å². The second-order valence-corrected chi connectivity index (χ2v) is 6.08. The van der Waals surface area contributed by atoms with E-state index in [1.807, 2.05) is 0 Å². The van der Waals surface area contributed by atoms with Crippen LogP contribution in [0, 0.1) is 7.14 Å². The van der Waals surface area contributed by atoms with Gasteiger partial charge in [0, 0.05) is 18.3 Å². The van der Waals surface area contributed by atoms with Gasteiger partial charge in [-0.2, -0.15) is 8.78 Å². The number of hydrogen-bond donors (Lipinski definition) is 0. The second kappa shape index (κ2) is 5.17. The van der Waals surface area contributed by atoms with E-state index in [0.717, 1.165) is 7.14 Å². The Bertz CT molecular complexity index is 456. The molecule has 2 rings (SSSR count). The number of rotatable bonds is 2. The first-order chi connectivity index (χ1) is 8.00. The molecule has 0 amide bonds. The predicted octanol–water partition coefficient (Wildman–Crippen LogP) is 5.04. The van der Waals surface area contributed by atoms with Crippen LogP contribution >= 0.6 is 45.2 Å². The molecule has 0 unspecified atom stereocenters. The molecule has 0 nitrogen and oxygen atoms in total. The lowest BCUT2D eigenvalue weighted by molar-refractivity contribution is 0.0428. The van der Waals surface area contributed by atoms with Gasteiger partial charge < -0.3 is 0 Å². The minimum Gasteiger partial charge on any atom is -0.196 e. The van der Waals surface area contributed by atoms with Gasteiger partial charge in [0.2, 0.25) is 0 Å². The predicted molar refractivity (Wildman–Crippen MR) is 81.3 cm³/mol. The van der Waals surface area contributed by atoms with Gasteiger partial charge in [-0.05, 0) is 69.4 Å². The highest BCUT2D eigenvalue weighted by Gasteiger charge is 2.33. The molecule has 0 bridgehead atoms. The lowest BCUT2D eigenvalue weighted by Crippen LogP contribution is -2.15. The van der Waals surface area contributed by atoms with E-state index in [9.17, 15) is 8.78 Å². The molecular formula is C13H8F2I2. The van der Waals surface area contributed by atoms with Gasteiger partial charge in [0.25, 0.3) is 5.92 Å². The Hall–Kier alpha value is -0.240. The fourth-order valence-electron chi connectivity index (χ4n) is 1.49. The van der Waals surface area contributed by atoms with Crippen LogP contribution in [0.2, 0.25) is 0 Å². The topological polar surface area (TPSA) is 0 Å². The molecule has 2 aromatic rings. The molecule has 0 saturated heterocycles. The van der Waals surface area contributed by atoms with Crippen LogP contribution in [-0.4, -0.2) is 0 Å². The normalized spacial score (nSPS) is 11.5. The molecule has 0 aromatic heterocycles. The van der Waals surface area contributed by atoms with E-state index < -0.39 is 5.92 Å². The number of benzene rings is 2. The van der Waals surface area contributed by atoms with Gasteiger partial charge in [-0.25, -0.2) is 0 Å². The van der Waals surface area contributed by atoms with E-state index in [1.54, 1.807) is 24.3 Å². The van der Waals surface area contributed by atoms with Crippen molar-refractivity contribution in [2.75, 3.05) is 0 Å². The van der Waals surface area contributed by atoms with Crippen LogP contribution in [-0.2, 0) is 5.92 Å². The summed E-state index contributed by atoms with van der Waals surface area (Å²) in [5.41, 5.74) is 0.0539.